The number of nitrogens with zero attached hydrogens (tertiary/aromatic N) is 3. The Morgan fingerprint density at radius 1 is 1.23 bits per heavy atom. The van der Waals surface area contributed by atoms with Crippen LogP contribution in [0, 0.1) is 0 Å². The number of halogens is 1. The smallest absolute Gasteiger partial charge is 0.238 e. The maximum atomic E-state index is 12.6. The number of piperazine rings is 1. The molecule has 140 valence electrons. The minimum Gasteiger partial charge on any atom is -0.346 e. The normalized spacial score (nSPS) is 15.3. The number of nitrogens with one attached hydrogen (secondary N) is 1. The molecule has 3 rings (SSSR count). The number of amides is 1. The van der Waals surface area contributed by atoms with Crippen molar-refractivity contribution in [2.24, 2.45) is 0 Å². The number of aromatic nitrogens is 1. The zero-order chi connectivity index (χ0) is 18.5. The third-order valence-electron chi connectivity index (χ3n) is 4.77. The molecule has 5 nitrogen and oxygen atoms in total. The number of thiazole rings is 1. The average Bonchev–Trinajstić information content (AvgIpc) is 3.17. The van der Waals surface area contributed by atoms with Crippen LogP contribution in [0.3, 0.4) is 0 Å². The molecule has 1 aliphatic heterocycles. The number of rotatable bonds is 6. The van der Waals surface area contributed by atoms with Gasteiger partial charge in [0.2, 0.25) is 5.91 Å². The number of carbonyl (C=O) groups is 1. The second-order valence-corrected chi connectivity index (χ2v) is 7.67. The largest absolute Gasteiger partial charge is 0.346 e. The third kappa shape index (κ3) is 4.37. The summed E-state index contributed by atoms with van der Waals surface area (Å²) in [5.41, 5.74) is 3.05. The van der Waals surface area contributed by atoms with Crippen molar-refractivity contribution in [2.75, 3.05) is 42.9 Å². The average molecular weight is 393 g/mol. The number of carbonyl (C=O) groups excluding carboxylic acids is 1. The Hall–Kier alpha value is -1.63. The van der Waals surface area contributed by atoms with E-state index in [0.29, 0.717) is 6.54 Å². The van der Waals surface area contributed by atoms with Crippen molar-refractivity contribution >= 4 is 39.7 Å². The lowest BCUT2D eigenvalue weighted by Crippen LogP contribution is -2.48. The van der Waals surface area contributed by atoms with Gasteiger partial charge in [0.25, 0.3) is 0 Å². The van der Waals surface area contributed by atoms with Gasteiger partial charge in [0, 0.05) is 48.5 Å². The molecule has 1 aromatic heterocycles. The number of anilines is 2. The van der Waals surface area contributed by atoms with Gasteiger partial charge in [-0.15, -0.1) is 11.3 Å². The Bertz CT molecular complexity index is 742. The predicted octanol–water partition coefficient (Wildman–Crippen LogP) is 3.68. The van der Waals surface area contributed by atoms with Gasteiger partial charge in [0.1, 0.15) is 0 Å². The van der Waals surface area contributed by atoms with E-state index in [1.54, 1.807) is 11.3 Å². The third-order valence-corrected chi connectivity index (χ3v) is 5.96. The van der Waals surface area contributed by atoms with Crippen molar-refractivity contribution in [2.45, 2.75) is 26.7 Å². The highest BCUT2D eigenvalue weighted by Crippen LogP contribution is 2.29. The lowest BCUT2D eigenvalue weighted by Gasteiger charge is -2.34. The van der Waals surface area contributed by atoms with Crippen LogP contribution < -0.4 is 10.2 Å². The van der Waals surface area contributed by atoms with E-state index in [1.807, 2.05) is 23.7 Å². The van der Waals surface area contributed by atoms with Crippen LogP contribution in [0.5, 0.6) is 0 Å². The number of hydrogen-bond acceptors (Lipinski definition) is 5. The second-order valence-electron chi connectivity index (χ2n) is 6.39. The maximum absolute atomic E-state index is 12.6. The molecule has 26 heavy (non-hydrogen) atoms. The van der Waals surface area contributed by atoms with E-state index < -0.39 is 0 Å². The first-order valence-electron chi connectivity index (χ1n) is 9.09. The van der Waals surface area contributed by atoms with Gasteiger partial charge in [0.15, 0.2) is 5.13 Å². The molecule has 1 aliphatic rings. The minimum atomic E-state index is 0.0272. The first kappa shape index (κ1) is 19.1. The SMILES string of the molecule is CCc1ccc(Cl)c(CC)c1NC(=O)CN1CCN(c2nccs2)CC1. The van der Waals surface area contributed by atoms with Crippen molar-refractivity contribution in [3.63, 3.8) is 0 Å². The summed E-state index contributed by atoms with van der Waals surface area (Å²) >= 11 is 7.99. The van der Waals surface area contributed by atoms with Gasteiger partial charge in [-0.2, -0.15) is 0 Å². The van der Waals surface area contributed by atoms with Crippen LogP contribution in [-0.2, 0) is 17.6 Å². The van der Waals surface area contributed by atoms with Crippen LogP contribution in [0.4, 0.5) is 10.8 Å². The molecule has 2 heterocycles. The minimum absolute atomic E-state index is 0.0272. The molecule has 2 aromatic rings. The lowest BCUT2D eigenvalue weighted by molar-refractivity contribution is -0.117. The first-order chi connectivity index (χ1) is 12.6. The molecule has 0 bridgehead atoms. The monoisotopic (exact) mass is 392 g/mol. The molecule has 0 atom stereocenters. The Morgan fingerprint density at radius 3 is 2.62 bits per heavy atom. The summed E-state index contributed by atoms with van der Waals surface area (Å²) in [7, 11) is 0. The molecule has 0 aliphatic carbocycles. The molecule has 0 radical (unpaired) electrons. The standard InChI is InChI=1S/C19H25ClN4OS/c1-3-14-5-6-16(20)15(4-2)18(14)22-17(25)13-23-8-10-24(11-9-23)19-21-7-12-26-19/h5-7,12H,3-4,8-11,13H2,1-2H3,(H,22,25). The van der Waals surface area contributed by atoms with E-state index >= 15 is 0 Å². The van der Waals surface area contributed by atoms with Crippen LogP contribution in [0.25, 0.3) is 0 Å². The van der Waals surface area contributed by atoms with Gasteiger partial charge in [-0.1, -0.05) is 31.5 Å². The highest BCUT2D eigenvalue weighted by molar-refractivity contribution is 7.13. The van der Waals surface area contributed by atoms with Crippen LogP contribution in [0.15, 0.2) is 23.7 Å². The fourth-order valence-corrected chi connectivity index (χ4v) is 4.31. The molecule has 0 spiro atoms. The molecular weight excluding hydrogens is 368 g/mol. The molecule has 0 unspecified atom stereocenters. The van der Waals surface area contributed by atoms with Crippen molar-refractivity contribution in [1.29, 1.82) is 0 Å². The summed E-state index contributed by atoms with van der Waals surface area (Å²) < 4.78 is 0. The van der Waals surface area contributed by atoms with Gasteiger partial charge >= 0.3 is 0 Å². The second kappa shape index (κ2) is 8.84. The summed E-state index contributed by atoms with van der Waals surface area (Å²) in [5, 5.41) is 6.90. The molecule has 1 amide bonds. The summed E-state index contributed by atoms with van der Waals surface area (Å²) in [4.78, 5) is 21.5. The van der Waals surface area contributed by atoms with Crippen molar-refractivity contribution in [3.05, 3.63) is 39.9 Å². The van der Waals surface area contributed by atoms with E-state index in [4.69, 9.17) is 11.6 Å². The van der Waals surface area contributed by atoms with Gasteiger partial charge in [-0.05, 0) is 30.0 Å². The van der Waals surface area contributed by atoms with E-state index in [9.17, 15) is 4.79 Å². The van der Waals surface area contributed by atoms with Crippen molar-refractivity contribution in [3.8, 4) is 0 Å². The van der Waals surface area contributed by atoms with Gasteiger partial charge in [-0.25, -0.2) is 4.98 Å². The summed E-state index contributed by atoms with van der Waals surface area (Å²) in [6, 6.07) is 3.93. The molecule has 1 aromatic carbocycles. The Kier molecular flexibility index (Phi) is 6.51. The highest BCUT2D eigenvalue weighted by Gasteiger charge is 2.21. The summed E-state index contributed by atoms with van der Waals surface area (Å²) in [6.45, 7) is 8.10. The molecule has 7 heteroatoms. The van der Waals surface area contributed by atoms with E-state index in [1.165, 1.54) is 0 Å². The predicted molar refractivity (Wildman–Crippen MR) is 110 cm³/mol. The fraction of sp³-hybridized carbons (Fsp3) is 0.474. The van der Waals surface area contributed by atoms with Crippen LogP contribution >= 0.6 is 22.9 Å². The van der Waals surface area contributed by atoms with Crippen LogP contribution in [0.1, 0.15) is 25.0 Å². The zero-order valence-electron chi connectivity index (χ0n) is 15.3. The van der Waals surface area contributed by atoms with Crippen LogP contribution in [0.2, 0.25) is 5.02 Å². The maximum Gasteiger partial charge on any atom is 0.238 e. The van der Waals surface area contributed by atoms with Gasteiger partial charge in [0.05, 0.1) is 6.54 Å². The highest BCUT2D eigenvalue weighted by atomic mass is 35.5. The Labute approximate surface area is 164 Å². The zero-order valence-corrected chi connectivity index (χ0v) is 16.9. The molecular formula is C19H25ClN4OS. The first-order valence-corrected chi connectivity index (χ1v) is 10.3. The molecule has 1 N–H and O–H groups in total. The number of hydrogen-bond donors (Lipinski definition) is 1. The Balaban J connectivity index is 1.59. The lowest BCUT2D eigenvalue weighted by atomic mass is 10.0. The van der Waals surface area contributed by atoms with E-state index in [-0.39, 0.29) is 5.91 Å². The summed E-state index contributed by atoms with van der Waals surface area (Å²) in [5.74, 6) is 0.0272. The Morgan fingerprint density at radius 2 is 2.00 bits per heavy atom. The number of benzene rings is 1. The van der Waals surface area contributed by atoms with Gasteiger partial charge in [-0.3, -0.25) is 9.69 Å². The quantitative estimate of drug-likeness (QED) is 0.814. The fourth-order valence-electron chi connectivity index (χ4n) is 3.32. The topological polar surface area (TPSA) is 48.5 Å². The van der Waals surface area contributed by atoms with Gasteiger partial charge < -0.3 is 10.2 Å². The van der Waals surface area contributed by atoms with E-state index in [0.717, 1.165) is 66.0 Å². The number of aryl methyl sites for hydroxylation is 1. The van der Waals surface area contributed by atoms with Crippen LogP contribution in [-0.4, -0.2) is 48.5 Å². The summed E-state index contributed by atoms with van der Waals surface area (Å²) in [6.07, 6.45) is 3.50. The molecule has 1 saturated heterocycles. The van der Waals surface area contributed by atoms with Crippen molar-refractivity contribution < 1.29 is 4.79 Å². The molecule has 0 saturated carbocycles. The van der Waals surface area contributed by atoms with Crippen molar-refractivity contribution in [1.82, 2.24) is 9.88 Å². The molecule has 1 fully saturated rings. The van der Waals surface area contributed by atoms with E-state index in [2.05, 4.69) is 33.9 Å².